The van der Waals surface area contributed by atoms with Crippen molar-refractivity contribution in [3.63, 3.8) is 0 Å². The molecule has 1 spiro atoms. The van der Waals surface area contributed by atoms with Crippen molar-refractivity contribution in [1.82, 2.24) is 0 Å². The molecule has 2 N–H and O–H groups in total. The lowest BCUT2D eigenvalue weighted by molar-refractivity contribution is -0.176. The first kappa shape index (κ1) is 12.7. The third-order valence-electron chi connectivity index (χ3n) is 3.31. The number of nitrogens with two attached hydrogens (primary N) is 1. The molecule has 2 unspecified atom stereocenters. The van der Waals surface area contributed by atoms with Crippen molar-refractivity contribution in [1.29, 1.82) is 0 Å². The van der Waals surface area contributed by atoms with E-state index in [1.165, 1.54) is 5.75 Å². The summed E-state index contributed by atoms with van der Waals surface area (Å²) in [5, 5.41) is 0.495. The van der Waals surface area contributed by atoms with Crippen LogP contribution in [-0.4, -0.2) is 36.0 Å². The van der Waals surface area contributed by atoms with Gasteiger partial charge in [-0.05, 0) is 18.1 Å². The molecule has 16 heavy (non-hydrogen) atoms. The van der Waals surface area contributed by atoms with Crippen molar-refractivity contribution in [2.24, 2.45) is 11.7 Å². The molecular weight excluding hydrogens is 222 g/mol. The Kier molecular flexibility index (Phi) is 4.16. The van der Waals surface area contributed by atoms with E-state index >= 15 is 0 Å². The number of hydrogen-bond acceptors (Lipinski definition) is 4. The Balaban J connectivity index is 1.89. The third-order valence-corrected chi connectivity index (χ3v) is 5.11. The van der Waals surface area contributed by atoms with Gasteiger partial charge in [-0.1, -0.05) is 13.8 Å². The van der Waals surface area contributed by atoms with Crippen LogP contribution in [0.3, 0.4) is 0 Å². The molecular formula is C12H23NO2S. The van der Waals surface area contributed by atoms with Crippen LogP contribution < -0.4 is 5.73 Å². The Labute approximate surface area is 102 Å². The predicted molar refractivity (Wildman–Crippen MR) is 67.5 cm³/mol. The molecule has 4 heteroatoms. The Hall–Kier alpha value is 0.230. The van der Waals surface area contributed by atoms with Gasteiger partial charge in [-0.3, -0.25) is 0 Å². The van der Waals surface area contributed by atoms with E-state index in [1.54, 1.807) is 0 Å². The zero-order valence-electron chi connectivity index (χ0n) is 10.3. The molecule has 2 atom stereocenters. The monoisotopic (exact) mass is 245 g/mol. The van der Waals surface area contributed by atoms with Crippen molar-refractivity contribution in [3.8, 4) is 0 Å². The van der Waals surface area contributed by atoms with E-state index in [2.05, 4.69) is 13.8 Å². The quantitative estimate of drug-likeness (QED) is 0.826. The molecule has 1 saturated heterocycles. The second-order valence-electron chi connectivity index (χ2n) is 5.28. The van der Waals surface area contributed by atoms with Gasteiger partial charge < -0.3 is 15.2 Å². The van der Waals surface area contributed by atoms with Gasteiger partial charge in [0.1, 0.15) is 0 Å². The number of rotatable bonds is 3. The van der Waals surface area contributed by atoms with Crippen LogP contribution in [-0.2, 0) is 9.47 Å². The smallest absolute Gasteiger partial charge is 0.169 e. The van der Waals surface area contributed by atoms with Gasteiger partial charge in [0.15, 0.2) is 5.79 Å². The standard InChI is InChI=1S/C12H23NO2S/c1-9(2)8-16-11-7-12(4-3-10(11)13)14-5-6-15-12/h9-11H,3-8,13H2,1-2H3. The summed E-state index contributed by atoms with van der Waals surface area (Å²) in [5.74, 6) is 1.61. The van der Waals surface area contributed by atoms with Crippen molar-refractivity contribution in [3.05, 3.63) is 0 Å². The molecule has 0 bridgehead atoms. The molecule has 1 saturated carbocycles. The molecule has 0 aromatic heterocycles. The molecule has 2 fully saturated rings. The summed E-state index contributed by atoms with van der Waals surface area (Å²) in [4.78, 5) is 0. The number of hydrogen-bond donors (Lipinski definition) is 1. The molecule has 0 radical (unpaired) electrons. The highest BCUT2D eigenvalue weighted by molar-refractivity contribution is 7.99. The van der Waals surface area contributed by atoms with Gasteiger partial charge in [-0.15, -0.1) is 0 Å². The fraction of sp³-hybridized carbons (Fsp3) is 1.00. The van der Waals surface area contributed by atoms with E-state index in [1.807, 2.05) is 11.8 Å². The van der Waals surface area contributed by atoms with E-state index in [9.17, 15) is 0 Å². The molecule has 94 valence electrons. The highest BCUT2D eigenvalue weighted by Crippen LogP contribution is 2.40. The van der Waals surface area contributed by atoms with Gasteiger partial charge in [-0.25, -0.2) is 0 Å². The van der Waals surface area contributed by atoms with Crippen LogP contribution in [0.5, 0.6) is 0 Å². The van der Waals surface area contributed by atoms with Crippen molar-refractivity contribution in [2.75, 3.05) is 19.0 Å². The summed E-state index contributed by atoms with van der Waals surface area (Å²) < 4.78 is 11.6. The van der Waals surface area contributed by atoms with Crippen molar-refractivity contribution < 1.29 is 9.47 Å². The Morgan fingerprint density at radius 3 is 2.69 bits per heavy atom. The molecule has 1 heterocycles. The molecule has 0 amide bonds. The number of thioether (sulfide) groups is 1. The van der Waals surface area contributed by atoms with Crippen LogP contribution in [0.1, 0.15) is 33.1 Å². The highest BCUT2D eigenvalue weighted by atomic mass is 32.2. The number of ether oxygens (including phenoxy) is 2. The van der Waals surface area contributed by atoms with E-state index in [0.717, 1.165) is 38.4 Å². The first-order chi connectivity index (χ1) is 7.61. The fourth-order valence-electron chi connectivity index (χ4n) is 2.39. The molecule has 2 rings (SSSR count). The van der Waals surface area contributed by atoms with Crippen LogP contribution >= 0.6 is 11.8 Å². The summed E-state index contributed by atoms with van der Waals surface area (Å²) in [6.07, 6.45) is 2.95. The average Bonchev–Trinajstić information content (AvgIpc) is 2.68. The van der Waals surface area contributed by atoms with Crippen LogP contribution in [0.2, 0.25) is 0 Å². The summed E-state index contributed by atoms with van der Waals surface area (Å²) in [7, 11) is 0. The van der Waals surface area contributed by atoms with Gasteiger partial charge in [0.25, 0.3) is 0 Å². The molecule has 2 aliphatic rings. The van der Waals surface area contributed by atoms with Crippen LogP contribution in [0.15, 0.2) is 0 Å². The van der Waals surface area contributed by atoms with E-state index in [-0.39, 0.29) is 5.79 Å². The summed E-state index contributed by atoms with van der Waals surface area (Å²) in [6.45, 7) is 5.99. The van der Waals surface area contributed by atoms with E-state index in [0.29, 0.717) is 11.3 Å². The van der Waals surface area contributed by atoms with Crippen molar-refractivity contribution in [2.45, 2.75) is 50.2 Å². The zero-order valence-corrected chi connectivity index (χ0v) is 11.1. The summed E-state index contributed by atoms with van der Waals surface area (Å²) in [5.41, 5.74) is 6.18. The van der Waals surface area contributed by atoms with E-state index in [4.69, 9.17) is 15.2 Å². The van der Waals surface area contributed by atoms with Gasteiger partial charge in [0.05, 0.1) is 13.2 Å². The largest absolute Gasteiger partial charge is 0.347 e. The first-order valence-corrected chi connectivity index (χ1v) is 7.31. The topological polar surface area (TPSA) is 44.5 Å². The first-order valence-electron chi connectivity index (χ1n) is 6.26. The minimum Gasteiger partial charge on any atom is -0.347 e. The molecule has 0 aromatic rings. The lowest BCUT2D eigenvalue weighted by atomic mass is 9.90. The highest BCUT2D eigenvalue weighted by Gasteiger charge is 2.44. The minimum atomic E-state index is -0.287. The second kappa shape index (κ2) is 5.25. The average molecular weight is 245 g/mol. The van der Waals surface area contributed by atoms with Gasteiger partial charge >= 0.3 is 0 Å². The SMILES string of the molecule is CC(C)CSC1CC2(CCC1N)OCCO2. The molecule has 0 aromatic carbocycles. The third kappa shape index (κ3) is 2.92. The second-order valence-corrected chi connectivity index (χ2v) is 6.55. The normalized spacial score (nSPS) is 33.8. The van der Waals surface area contributed by atoms with Gasteiger partial charge in [0.2, 0.25) is 0 Å². The summed E-state index contributed by atoms with van der Waals surface area (Å²) in [6, 6.07) is 0.308. The Morgan fingerprint density at radius 2 is 2.06 bits per heavy atom. The Bertz CT molecular complexity index is 229. The minimum absolute atomic E-state index is 0.287. The molecule has 1 aliphatic heterocycles. The predicted octanol–water partition coefficient (Wildman–Crippen LogP) is 2.00. The fourth-order valence-corrected chi connectivity index (χ4v) is 3.78. The molecule has 1 aliphatic carbocycles. The van der Waals surface area contributed by atoms with Crippen molar-refractivity contribution >= 4 is 11.8 Å². The lowest BCUT2D eigenvalue weighted by Gasteiger charge is -2.39. The lowest BCUT2D eigenvalue weighted by Crippen LogP contribution is -2.47. The van der Waals surface area contributed by atoms with Gasteiger partial charge in [0, 0.05) is 24.1 Å². The van der Waals surface area contributed by atoms with E-state index < -0.39 is 0 Å². The summed E-state index contributed by atoms with van der Waals surface area (Å²) >= 11 is 1.99. The Morgan fingerprint density at radius 1 is 1.38 bits per heavy atom. The zero-order chi connectivity index (χ0) is 11.6. The van der Waals surface area contributed by atoms with Gasteiger partial charge in [-0.2, -0.15) is 11.8 Å². The maximum Gasteiger partial charge on any atom is 0.169 e. The van der Waals surface area contributed by atoms with Crippen LogP contribution in [0, 0.1) is 5.92 Å². The molecule has 3 nitrogen and oxygen atoms in total. The maximum atomic E-state index is 6.18. The van der Waals surface area contributed by atoms with Crippen LogP contribution in [0.25, 0.3) is 0 Å². The van der Waals surface area contributed by atoms with Crippen LogP contribution in [0.4, 0.5) is 0 Å². The maximum absolute atomic E-state index is 6.18.